The molecule has 0 bridgehead atoms. The first-order valence-electron chi connectivity index (χ1n) is 11.2. The van der Waals surface area contributed by atoms with E-state index in [0.29, 0.717) is 33.4 Å². The molecule has 9 heteroatoms. The molecule has 2 aromatic heterocycles. The van der Waals surface area contributed by atoms with Gasteiger partial charge in [-0.15, -0.1) is 0 Å². The predicted octanol–water partition coefficient (Wildman–Crippen LogP) is 4.95. The van der Waals surface area contributed by atoms with E-state index in [1.54, 1.807) is 43.6 Å². The van der Waals surface area contributed by atoms with Crippen LogP contribution in [0.25, 0.3) is 16.0 Å². The van der Waals surface area contributed by atoms with E-state index in [1.807, 2.05) is 32.0 Å². The molecular weight excluding hydrogens is 478 g/mol. The standard InChI is InChI=1S/C27H23N3O5S/c1-14-8-9-19(34-3)16(11-14)24(31)22-23(17-7-5-6-10-28-17)30(26(33)25(22)32)27-29-18-12-15(2)20(35-4)13-21(18)36-27/h5-13,23,31H,1-4H3/b24-22+. The van der Waals surface area contributed by atoms with E-state index in [1.165, 1.54) is 23.3 Å². The Morgan fingerprint density at radius 3 is 2.50 bits per heavy atom. The number of amides is 1. The van der Waals surface area contributed by atoms with Crippen LogP contribution in [0.3, 0.4) is 0 Å². The van der Waals surface area contributed by atoms with Crippen molar-refractivity contribution < 1.29 is 24.2 Å². The monoisotopic (exact) mass is 501 g/mol. The largest absolute Gasteiger partial charge is 0.507 e. The highest BCUT2D eigenvalue weighted by molar-refractivity contribution is 7.22. The Labute approximate surface area is 211 Å². The van der Waals surface area contributed by atoms with E-state index in [2.05, 4.69) is 9.97 Å². The second kappa shape index (κ2) is 9.09. The number of nitrogens with zero attached hydrogens (tertiary/aromatic N) is 3. The number of hydrogen-bond donors (Lipinski definition) is 1. The van der Waals surface area contributed by atoms with Gasteiger partial charge in [0, 0.05) is 6.20 Å². The summed E-state index contributed by atoms with van der Waals surface area (Å²) in [6.45, 7) is 3.77. The number of hydrogen-bond acceptors (Lipinski definition) is 8. The maximum atomic E-state index is 13.4. The lowest BCUT2D eigenvalue weighted by Gasteiger charge is -2.22. The molecule has 3 heterocycles. The fourth-order valence-corrected chi connectivity index (χ4v) is 5.37. The van der Waals surface area contributed by atoms with Gasteiger partial charge in [-0.3, -0.25) is 19.5 Å². The van der Waals surface area contributed by atoms with E-state index in [9.17, 15) is 14.7 Å². The van der Waals surface area contributed by atoms with Gasteiger partial charge < -0.3 is 14.6 Å². The van der Waals surface area contributed by atoms with E-state index in [-0.39, 0.29) is 11.3 Å². The maximum Gasteiger partial charge on any atom is 0.301 e. The highest BCUT2D eigenvalue weighted by Crippen LogP contribution is 2.45. The number of carbonyl (C=O) groups excluding carboxylic acids is 2. The number of Topliss-reactive ketones (excluding diaryl/α,β-unsaturated/α-hetero) is 1. The van der Waals surface area contributed by atoms with Crippen LogP contribution < -0.4 is 14.4 Å². The molecular formula is C27H23N3O5S. The van der Waals surface area contributed by atoms with Crippen molar-refractivity contribution >= 4 is 44.1 Å². The van der Waals surface area contributed by atoms with Crippen LogP contribution >= 0.6 is 11.3 Å². The first-order valence-corrected chi connectivity index (χ1v) is 12.0. The molecule has 1 saturated heterocycles. The SMILES string of the molecule is COc1cc2sc(N3C(=O)C(=O)/C(=C(/O)c4cc(C)ccc4OC)C3c3ccccn3)nc2cc1C. The molecule has 1 aliphatic heterocycles. The molecule has 1 atom stereocenters. The molecule has 1 fully saturated rings. The highest BCUT2D eigenvalue weighted by atomic mass is 32.1. The van der Waals surface area contributed by atoms with Gasteiger partial charge in [0.25, 0.3) is 5.78 Å². The zero-order valence-corrected chi connectivity index (χ0v) is 20.9. The molecule has 0 aliphatic carbocycles. The Morgan fingerprint density at radius 2 is 1.81 bits per heavy atom. The Kier molecular flexibility index (Phi) is 5.93. The number of aryl methyl sites for hydroxylation is 2. The number of ketones is 1. The Morgan fingerprint density at radius 1 is 1.03 bits per heavy atom. The van der Waals surface area contributed by atoms with E-state index in [4.69, 9.17) is 9.47 Å². The van der Waals surface area contributed by atoms with Crippen molar-refractivity contribution in [2.24, 2.45) is 0 Å². The van der Waals surface area contributed by atoms with E-state index < -0.39 is 17.7 Å². The smallest absolute Gasteiger partial charge is 0.301 e. The van der Waals surface area contributed by atoms with Crippen LogP contribution in [0.4, 0.5) is 5.13 Å². The topological polar surface area (TPSA) is 102 Å². The van der Waals surface area contributed by atoms with Crippen LogP contribution in [0.2, 0.25) is 0 Å². The number of methoxy groups -OCH3 is 2. The zero-order chi connectivity index (χ0) is 25.6. The molecule has 0 radical (unpaired) electrons. The molecule has 1 amide bonds. The lowest BCUT2D eigenvalue weighted by molar-refractivity contribution is -0.132. The number of ether oxygens (including phenoxy) is 2. The number of carbonyl (C=O) groups is 2. The van der Waals surface area contributed by atoms with Crippen LogP contribution in [0.1, 0.15) is 28.4 Å². The summed E-state index contributed by atoms with van der Waals surface area (Å²) in [5, 5.41) is 11.7. The number of fused-ring (bicyclic) bond motifs is 1. The van der Waals surface area contributed by atoms with Crippen molar-refractivity contribution in [3.63, 3.8) is 0 Å². The Hall–Kier alpha value is -4.24. The van der Waals surface area contributed by atoms with Crippen molar-refractivity contribution in [2.75, 3.05) is 19.1 Å². The quantitative estimate of drug-likeness (QED) is 0.234. The zero-order valence-electron chi connectivity index (χ0n) is 20.1. The number of aliphatic hydroxyl groups is 1. The lowest BCUT2D eigenvalue weighted by atomic mass is 9.97. The molecule has 0 spiro atoms. The second-order valence-electron chi connectivity index (χ2n) is 8.41. The molecule has 8 nitrogen and oxygen atoms in total. The summed E-state index contributed by atoms with van der Waals surface area (Å²) >= 11 is 1.26. The summed E-state index contributed by atoms with van der Waals surface area (Å²) in [7, 11) is 3.07. The average molecular weight is 502 g/mol. The van der Waals surface area contributed by atoms with Gasteiger partial charge in [-0.2, -0.15) is 0 Å². The van der Waals surface area contributed by atoms with Crippen molar-refractivity contribution in [3.05, 3.63) is 82.7 Å². The number of rotatable bonds is 5. The summed E-state index contributed by atoms with van der Waals surface area (Å²) in [6, 6.07) is 13.2. The third-order valence-corrected chi connectivity index (χ3v) is 7.14. The number of aliphatic hydroxyl groups excluding tert-OH is 1. The second-order valence-corrected chi connectivity index (χ2v) is 9.42. The minimum Gasteiger partial charge on any atom is -0.507 e. The first kappa shape index (κ1) is 23.5. The summed E-state index contributed by atoms with van der Waals surface area (Å²) in [5.41, 5.74) is 3.11. The molecule has 1 N–H and O–H groups in total. The average Bonchev–Trinajstić information content (AvgIpc) is 3.40. The van der Waals surface area contributed by atoms with Crippen LogP contribution in [-0.4, -0.2) is 41.0 Å². The molecule has 5 rings (SSSR count). The minimum absolute atomic E-state index is 0.0735. The van der Waals surface area contributed by atoms with E-state index >= 15 is 0 Å². The van der Waals surface area contributed by atoms with Gasteiger partial charge in [-0.1, -0.05) is 29.0 Å². The van der Waals surface area contributed by atoms with Gasteiger partial charge in [-0.05, 0) is 55.8 Å². The summed E-state index contributed by atoms with van der Waals surface area (Å²) < 4.78 is 11.7. The normalized spacial score (nSPS) is 17.1. The minimum atomic E-state index is -0.972. The van der Waals surface area contributed by atoms with Crippen molar-refractivity contribution in [1.82, 2.24) is 9.97 Å². The van der Waals surface area contributed by atoms with E-state index in [0.717, 1.165) is 15.8 Å². The van der Waals surface area contributed by atoms with Gasteiger partial charge in [0.2, 0.25) is 0 Å². The predicted molar refractivity (Wildman–Crippen MR) is 138 cm³/mol. The van der Waals surface area contributed by atoms with Crippen LogP contribution in [0.15, 0.2) is 60.3 Å². The number of thiazole rings is 1. The Bertz CT molecular complexity index is 1540. The van der Waals surface area contributed by atoms with Crippen LogP contribution in [-0.2, 0) is 9.59 Å². The third-order valence-electron chi connectivity index (χ3n) is 6.12. The molecule has 2 aromatic carbocycles. The van der Waals surface area contributed by atoms with Crippen molar-refractivity contribution in [3.8, 4) is 11.5 Å². The van der Waals surface area contributed by atoms with Gasteiger partial charge in [0.15, 0.2) is 5.13 Å². The van der Waals surface area contributed by atoms with Gasteiger partial charge in [0.1, 0.15) is 23.3 Å². The van der Waals surface area contributed by atoms with Crippen molar-refractivity contribution in [1.29, 1.82) is 0 Å². The Balaban J connectivity index is 1.74. The molecule has 1 aliphatic rings. The molecule has 0 saturated carbocycles. The summed E-state index contributed by atoms with van der Waals surface area (Å²) in [6.07, 6.45) is 1.58. The van der Waals surface area contributed by atoms with Gasteiger partial charge in [-0.25, -0.2) is 4.98 Å². The number of pyridine rings is 1. The fraction of sp³-hybridized carbons (Fsp3) is 0.185. The van der Waals surface area contributed by atoms with Crippen LogP contribution in [0.5, 0.6) is 11.5 Å². The summed E-state index contributed by atoms with van der Waals surface area (Å²) in [5.74, 6) is -0.855. The highest BCUT2D eigenvalue weighted by Gasteiger charge is 2.49. The lowest BCUT2D eigenvalue weighted by Crippen LogP contribution is -2.29. The number of benzene rings is 2. The first-order chi connectivity index (χ1) is 17.3. The maximum absolute atomic E-state index is 13.4. The van der Waals surface area contributed by atoms with Crippen LogP contribution in [0, 0.1) is 13.8 Å². The molecule has 1 unspecified atom stereocenters. The molecule has 4 aromatic rings. The number of aromatic nitrogens is 2. The molecule has 182 valence electrons. The van der Waals surface area contributed by atoms with Gasteiger partial charge >= 0.3 is 5.91 Å². The summed E-state index contributed by atoms with van der Waals surface area (Å²) in [4.78, 5) is 37.3. The third kappa shape index (κ3) is 3.77. The molecule has 36 heavy (non-hydrogen) atoms. The fourth-order valence-electron chi connectivity index (χ4n) is 4.37. The number of anilines is 1. The van der Waals surface area contributed by atoms with Gasteiger partial charge in [0.05, 0.1) is 41.3 Å². The van der Waals surface area contributed by atoms with Crippen molar-refractivity contribution in [2.45, 2.75) is 19.9 Å².